The maximum atomic E-state index is 10.4. The predicted octanol–water partition coefficient (Wildman–Crippen LogP) is 2.44. The van der Waals surface area contributed by atoms with Gasteiger partial charge in [0.2, 0.25) is 0 Å². The van der Waals surface area contributed by atoms with Gasteiger partial charge in [-0.3, -0.25) is 0 Å². The van der Waals surface area contributed by atoms with Gasteiger partial charge >= 0.3 is 0 Å². The van der Waals surface area contributed by atoms with Crippen LogP contribution in [0.3, 0.4) is 0 Å². The van der Waals surface area contributed by atoms with Crippen LogP contribution in [-0.2, 0) is 7.05 Å². The summed E-state index contributed by atoms with van der Waals surface area (Å²) in [5.41, 5.74) is 0.805. The van der Waals surface area contributed by atoms with E-state index in [2.05, 4.69) is 33.2 Å². The normalized spacial score (nSPS) is 28.0. The van der Waals surface area contributed by atoms with Crippen LogP contribution in [0.2, 0.25) is 0 Å². The fourth-order valence-corrected chi connectivity index (χ4v) is 3.04. The Morgan fingerprint density at radius 1 is 1.38 bits per heavy atom. The molecule has 4 nitrogen and oxygen atoms in total. The molecule has 0 bridgehead atoms. The van der Waals surface area contributed by atoms with Gasteiger partial charge in [-0.1, -0.05) is 25.0 Å². The van der Waals surface area contributed by atoms with Gasteiger partial charge in [0.15, 0.2) is 4.60 Å². The fourth-order valence-electron chi connectivity index (χ4n) is 2.48. The number of hydrogen-bond acceptors (Lipinski definition) is 3. The molecule has 1 unspecified atom stereocenters. The van der Waals surface area contributed by atoms with Crippen LogP contribution in [-0.4, -0.2) is 20.1 Å². The van der Waals surface area contributed by atoms with E-state index in [9.17, 15) is 5.11 Å². The van der Waals surface area contributed by atoms with Crippen LogP contribution in [0, 0.1) is 11.8 Å². The van der Waals surface area contributed by atoms with Gasteiger partial charge in [-0.2, -0.15) is 0 Å². The zero-order valence-electron chi connectivity index (χ0n) is 9.73. The Morgan fingerprint density at radius 3 is 2.50 bits per heavy atom. The highest BCUT2D eigenvalue weighted by molar-refractivity contribution is 9.10. The van der Waals surface area contributed by atoms with Gasteiger partial charge in [0, 0.05) is 7.05 Å². The number of aryl methyl sites for hydroxylation is 1. The Kier molecular flexibility index (Phi) is 3.64. The van der Waals surface area contributed by atoms with Crippen LogP contribution in [0.25, 0.3) is 0 Å². The molecule has 90 valence electrons. The van der Waals surface area contributed by atoms with E-state index in [1.165, 1.54) is 12.8 Å². The maximum Gasteiger partial charge on any atom is 0.154 e. The summed E-state index contributed by atoms with van der Waals surface area (Å²) in [4.78, 5) is 0. The Morgan fingerprint density at radius 2 is 2.00 bits per heavy atom. The molecule has 16 heavy (non-hydrogen) atoms. The van der Waals surface area contributed by atoms with Crippen LogP contribution >= 0.6 is 15.9 Å². The number of halogens is 1. The van der Waals surface area contributed by atoms with Gasteiger partial charge < -0.3 is 5.11 Å². The molecule has 5 heteroatoms. The summed E-state index contributed by atoms with van der Waals surface area (Å²) in [6, 6.07) is 0. The SMILES string of the molecule is CC1CCC(C(O)c2c(Br)nnn2C)CC1. The summed E-state index contributed by atoms with van der Waals surface area (Å²) in [6.07, 6.45) is 4.18. The molecule has 0 aliphatic heterocycles. The molecule has 0 radical (unpaired) electrons. The standard InChI is InChI=1S/C11H18BrN3O/c1-7-3-5-8(6-4-7)10(16)9-11(12)13-14-15(9)2/h7-8,10,16H,3-6H2,1-2H3. The van der Waals surface area contributed by atoms with Crippen molar-refractivity contribution >= 4 is 15.9 Å². The fraction of sp³-hybridized carbons (Fsp3) is 0.818. The Balaban J connectivity index is 2.10. The highest BCUT2D eigenvalue weighted by Crippen LogP contribution is 2.37. The number of aliphatic hydroxyl groups is 1. The van der Waals surface area contributed by atoms with Gasteiger partial charge in [-0.15, -0.1) is 5.10 Å². The Bertz CT molecular complexity index is 339. The minimum absolute atomic E-state index is 0.352. The van der Waals surface area contributed by atoms with E-state index in [-0.39, 0.29) is 0 Å². The minimum Gasteiger partial charge on any atom is -0.386 e. The molecule has 0 amide bonds. The van der Waals surface area contributed by atoms with Crippen LogP contribution in [0.4, 0.5) is 0 Å². The van der Waals surface area contributed by atoms with E-state index >= 15 is 0 Å². The first-order valence-corrected chi connectivity index (χ1v) is 6.62. The lowest BCUT2D eigenvalue weighted by Gasteiger charge is -2.29. The summed E-state index contributed by atoms with van der Waals surface area (Å²) in [7, 11) is 1.82. The molecule has 0 saturated heterocycles. The highest BCUT2D eigenvalue weighted by Gasteiger charge is 2.29. The summed E-state index contributed by atoms with van der Waals surface area (Å²) in [6.45, 7) is 2.28. The molecule has 1 aromatic rings. The number of aliphatic hydroxyl groups excluding tert-OH is 1. The van der Waals surface area contributed by atoms with E-state index in [0.29, 0.717) is 10.5 Å². The Hall–Kier alpha value is -0.420. The molecule has 1 aliphatic carbocycles. The molecular formula is C11H18BrN3O. The molecular weight excluding hydrogens is 270 g/mol. The number of hydrogen-bond donors (Lipinski definition) is 1. The predicted molar refractivity (Wildman–Crippen MR) is 64.8 cm³/mol. The van der Waals surface area contributed by atoms with Crippen molar-refractivity contribution in [1.82, 2.24) is 15.0 Å². The summed E-state index contributed by atoms with van der Waals surface area (Å²) in [5, 5.41) is 18.2. The van der Waals surface area contributed by atoms with Crippen molar-refractivity contribution in [2.75, 3.05) is 0 Å². The van der Waals surface area contributed by atoms with Crippen LogP contribution in [0.1, 0.15) is 44.4 Å². The first-order chi connectivity index (χ1) is 7.59. The molecule has 1 aliphatic rings. The van der Waals surface area contributed by atoms with E-state index in [4.69, 9.17) is 0 Å². The van der Waals surface area contributed by atoms with Gasteiger partial charge in [-0.05, 0) is 40.6 Å². The number of rotatable bonds is 2. The van der Waals surface area contributed by atoms with Gasteiger partial charge in [0.1, 0.15) is 11.8 Å². The third-order valence-electron chi connectivity index (χ3n) is 3.61. The number of aromatic nitrogens is 3. The van der Waals surface area contributed by atoms with Crippen LogP contribution < -0.4 is 0 Å². The molecule has 0 aromatic carbocycles. The van der Waals surface area contributed by atoms with Crippen LogP contribution in [0.15, 0.2) is 4.60 Å². The quantitative estimate of drug-likeness (QED) is 0.909. The van der Waals surface area contributed by atoms with Gasteiger partial charge in [-0.25, -0.2) is 4.68 Å². The second-order valence-electron chi connectivity index (χ2n) is 4.85. The molecule has 1 atom stereocenters. The summed E-state index contributed by atoms with van der Waals surface area (Å²) in [5.74, 6) is 1.15. The second kappa shape index (κ2) is 4.84. The molecule has 1 saturated carbocycles. The van der Waals surface area contributed by atoms with Crippen molar-refractivity contribution < 1.29 is 5.11 Å². The first kappa shape index (κ1) is 12.0. The lowest BCUT2D eigenvalue weighted by Crippen LogP contribution is -2.21. The molecule has 1 N–H and O–H groups in total. The lowest BCUT2D eigenvalue weighted by molar-refractivity contribution is 0.0684. The van der Waals surface area contributed by atoms with Crippen molar-refractivity contribution in [3.63, 3.8) is 0 Å². The molecule has 1 fully saturated rings. The molecule has 1 aromatic heterocycles. The molecule has 1 heterocycles. The average molecular weight is 288 g/mol. The third kappa shape index (κ3) is 2.30. The van der Waals surface area contributed by atoms with Gasteiger partial charge in [0.05, 0.1) is 0 Å². The van der Waals surface area contributed by atoms with E-state index in [0.717, 1.165) is 24.5 Å². The highest BCUT2D eigenvalue weighted by atomic mass is 79.9. The smallest absolute Gasteiger partial charge is 0.154 e. The average Bonchev–Trinajstić information content (AvgIpc) is 2.59. The van der Waals surface area contributed by atoms with Gasteiger partial charge in [0.25, 0.3) is 0 Å². The minimum atomic E-state index is -0.443. The topological polar surface area (TPSA) is 50.9 Å². The van der Waals surface area contributed by atoms with Crippen molar-refractivity contribution in [3.05, 3.63) is 10.3 Å². The second-order valence-corrected chi connectivity index (χ2v) is 5.61. The van der Waals surface area contributed by atoms with E-state index in [1.807, 2.05) is 7.05 Å². The number of nitrogens with zero attached hydrogens (tertiary/aromatic N) is 3. The maximum absolute atomic E-state index is 10.4. The van der Waals surface area contributed by atoms with Crippen molar-refractivity contribution in [2.24, 2.45) is 18.9 Å². The summed E-state index contributed by atoms with van der Waals surface area (Å²) < 4.78 is 2.33. The lowest BCUT2D eigenvalue weighted by atomic mass is 9.79. The largest absolute Gasteiger partial charge is 0.386 e. The van der Waals surface area contributed by atoms with Crippen molar-refractivity contribution in [3.8, 4) is 0 Å². The zero-order chi connectivity index (χ0) is 11.7. The first-order valence-electron chi connectivity index (χ1n) is 5.82. The third-order valence-corrected chi connectivity index (χ3v) is 4.18. The van der Waals surface area contributed by atoms with E-state index < -0.39 is 6.10 Å². The van der Waals surface area contributed by atoms with E-state index in [1.54, 1.807) is 4.68 Å². The monoisotopic (exact) mass is 287 g/mol. The molecule has 0 spiro atoms. The summed E-state index contributed by atoms with van der Waals surface area (Å²) >= 11 is 3.34. The Labute approximate surface area is 104 Å². The van der Waals surface area contributed by atoms with Crippen molar-refractivity contribution in [1.29, 1.82) is 0 Å². The molecule has 2 rings (SSSR count). The van der Waals surface area contributed by atoms with Crippen LogP contribution in [0.5, 0.6) is 0 Å². The van der Waals surface area contributed by atoms with Crippen molar-refractivity contribution in [2.45, 2.75) is 38.7 Å². The zero-order valence-corrected chi connectivity index (χ0v) is 11.3.